The zero-order chi connectivity index (χ0) is 17.1. The Kier molecular flexibility index (Phi) is 5.23. The normalized spacial score (nSPS) is 12.3. The van der Waals surface area contributed by atoms with Gasteiger partial charge >= 0.3 is 0 Å². The molecule has 0 bridgehead atoms. The van der Waals surface area contributed by atoms with Crippen LogP contribution < -0.4 is 5.73 Å². The highest BCUT2D eigenvalue weighted by Crippen LogP contribution is 2.29. The van der Waals surface area contributed by atoms with E-state index in [-0.39, 0.29) is 6.04 Å². The lowest BCUT2D eigenvalue weighted by Gasteiger charge is -2.13. The molecule has 0 radical (unpaired) electrons. The van der Waals surface area contributed by atoms with Crippen LogP contribution >= 0.6 is 23.4 Å². The number of hydrogen-bond acceptors (Lipinski definition) is 3. The summed E-state index contributed by atoms with van der Waals surface area (Å²) in [5.74, 6) is 1.68. The van der Waals surface area contributed by atoms with Crippen molar-refractivity contribution in [3.05, 3.63) is 70.5 Å². The molecule has 1 aromatic heterocycles. The number of halogens is 1. The van der Waals surface area contributed by atoms with Gasteiger partial charge in [-0.3, -0.25) is 4.57 Å². The zero-order valence-electron chi connectivity index (χ0n) is 13.7. The van der Waals surface area contributed by atoms with Gasteiger partial charge in [0.15, 0.2) is 11.0 Å². The van der Waals surface area contributed by atoms with Crippen molar-refractivity contribution in [3.8, 4) is 5.69 Å². The highest BCUT2D eigenvalue weighted by atomic mass is 35.5. The van der Waals surface area contributed by atoms with E-state index in [0.29, 0.717) is 5.02 Å². The minimum Gasteiger partial charge on any atom is -0.349 e. The molecule has 0 saturated heterocycles. The maximum atomic E-state index is 6.21. The molecule has 2 aromatic carbocycles. The summed E-state index contributed by atoms with van der Waals surface area (Å²) >= 11 is 7.88. The van der Waals surface area contributed by atoms with Gasteiger partial charge in [-0.15, -0.1) is 10.2 Å². The Hall–Kier alpha value is -1.82. The first kappa shape index (κ1) is 17.0. The van der Waals surface area contributed by atoms with Crippen molar-refractivity contribution in [2.75, 3.05) is 0 Å². The Balaban J connectivity index is 2.00. The first-order valence-corrected chi connectivity index (χ1v) is 9.14. The van der Waals surface area contributed by atoms with E-state index < -0.39 is 0 Å². The molecule has 0 saturated carbocycles. The van der Waals surface area contributed by atoms with Crippen molar-refractivity contribution in [2.24, 2.45) is 0 Å². The molecule has 3 N–H and O–H groups in total. The Morgan fingerprint density at radius 2 is 1.92 bits per heavy atom. The maximum absolute atomic E-state index is 6.21. The number of hydrogen-bond donors (Lipinski definition) is 1. The highest BCUT2D eigenvalue weighted by molar-refractivity contribution is 7.98. The van der Waals surface area contributed by atoms with Crippen molar-refractivity contribution in [2.45, 2.75) is 30.8 Å². The minimum absolute atomic E-state index is 0.0296. The van der Waals surface area contributed by atoms with Gasteiger partial charge in [0, 0.05) is 10.8 Å². The van der Waals surface area contributed by atoms with Gasteiger partial charge in [0.25, 0.3) is 0 Å². The summed E-state index contributed by atoms with van der Waals surface area (Å²) in [7, 11) is 0. The van der Waals surface area contributed by atoms with E-state index in [1.165, 1.54) is 5.56 Å². The number of quaternary nitrogens is 1. The van der Waals surface area contributed by atoms with Crippen molar-refractivity contribution in [1.82, 2.24) is 14.8 Å². The molecule has 3 aromatic rings. The SMILES string of the molecule is Cc1ccc(Cl)cc1-n1c(SCc2ccccc2)nnc1[C@H](C)[NH3+]. The van der Waals surface area contributed by atoms with E-state index in [1.807, 2.05) is 43.3 Å². The van der Waals surface area contributed by atoms with E-state index in [9.17, 15) is 0 Å². The second-order valence-corrected chi connectivity index (χ2v) is 7.16. The Morgan fingerprint density at radius 1 is 1.17 bits per heavy atom. The number of rotatable bonds is 5. The second-order valence-electron chi connectivity index (χ2n) is 5.78. The molecule has 0 aliphatic carbocycles. The standard InChI is InChI=1S/C18H19ClN4S/c1-12-8-9-15(19)10-16(12)23-17(13(2)20)21-22-18(23)24-11-14-6-4-3-5-7-14/h3-10,13H,11,20H2,1-2H3/p+1/t13-/m0/s1. The third-order valence-electron chi connectivity index (χ3n) is 3.72. The molecule has 6 heteroatoms. The third kappa shape index (κ3) is 3.64. The minimum atomic E-state index is 0.0296. The van der Waals surface area contributed by atoms with Gasteiger partial charge < -0.3 is 5.73 Å². The fourth-order valence-corrected chi connectivity index (χ4v) is 3.54. The number of thioether (sulfide) groups is 1. The average Bonchev–Trinajstić information content (AvgIpc) is 3.00. The van der Waals surface area contributed by atoms with E-state index >= 15 is 0 Å². The zero-order valence-corrected chi connectivity index (χ0v) is 15.3. The molecule has 0 spiro atoms. The summed E-state index contributed by atoms with van der Waals surface area (Å²) in [4.78, 5) is 0. The summed E-state index contributed by atoms with van der Waals surface area (Å²) in [5, 5.41) is 10.3. The van der Waals surface area contributed by atoms with Crippen LogP contribution in [0.4, 0.5) is 0 Å². The molecule has 4 nitrogen and oxygen atoms in total. The molecule has 0 aliphatic rings. The van der Waals surface area contributed by atoms with E-state index in [2.05, 4.69) is 39.6 Å². The van der Waals surface area contributed by atoms with Gasteiger partial charge in [-0.1, -0.05) is 59.8 Å². The van der Waals surface area contributed by atoms with E-state index in [0.717, 1.165) is 28.0 Å². The smallest absolute Gasteiger partial charge is 0.196 e. The fraction of sp³-hybridized carbons (Fsp3) is 0.222. The lowest BCUT2D eigenvalue weighted by atomic mass is 10.2. The molecular weight excluding hydrogens is 340 g/mol. The molecule has 1 atom stereocenters. The Bertz CT molecular complexity index is 830. The first-order valence-electron chi connectivity index (χ1n) is 7.78. The van der Waals surface area contributed by atoms with Gasteiger partial charge in [-0.05, 0) is 37.1 Å². The van der Waals surface area contributed by atoms with Gasteiger partial charge in [0.1, 0.15) is 6.04 Å². The second kappa shape index (κ2) is 7.38. The number of aromatic nitrogens is 3. The van der Waals surface area contributed by atoms with Crippen molar-refractivity contribution >= 4 is 23.4 Å². The fourth-order valence-electron chi connectivity index (χ4n) is 2.47. The summed E-state index contributed by atoms with van der Waals surface area (Å²) in [5.41, 5.74) is 7.50. The molecule has 3 rings (SSSR count). The largest absolute Gasteiger partial charge is 0.349 e. The topological polar surface area (TPSA) is 58.4 Å². The van der Waals surface area contributed by atoms with Crippen LogP contribution in [0.15, 0.2) is 53.7 Å². The van der Waals surface area contributed by atoms with Crippen molar-refractivity contribution in [3.63, 3.8) is 0 Å². The van der Waals surface area contributed by atoms with Gasteiger partial charge in [0.05, 0.1) is 5.69 Å². The van der Waals surface area contributed by atoms with Crippen LogP contribution in [0.5, 0.6) is 0 Å². The summed E-state index contributed by atoms with van der Waals surface area (Å²) in [6.07, 6.45) is 0. The highest BCUT2D eigenvalue weighted by Gasteiger charge is 2.20. The predicted octanol–water partition coefficient (Wildman–Crippen LogP) is 3.82. The van der Waals surface area contributed by atoms with Crippen LogP contribution in [-0.4, -0.2) is 14.8 Å². The van der Waals surface area contributed by atoms with Crippen LogP contribution in [0.3, 0.4) is 0 Å². The van der Waals surface area contributed by atoms with Gasteiger partial charge in [0.2, 0.25) is 0 Å². The molecule has 0 amide bonds. The molecule has 1 heterocycles. The molecule has 24 heavy (non-hydrogen) atoms. The number of nitrogens with zero attached hydrogens (tertiary/aromatic N) is 3. The molecule has 0 fully saturated rings. The van der Waals surface area contributed by atoms with Gasteiger partial charge in [-0.2, -0.15) is 0 Å². The van der Waals surface area contributed by atoms with E-state index in [1.54, 1.807) is 11.8 Å². The Morgan fingerprint density at radius 3 is 2.62 bits per heavy atom. The molecular formula is C18H20ClN4S+. The third-order valence-corrected chi connectivity index (χ3v) is 4.96. The number of benzene rings is 2. The summed E-state index contributed by atoms with van der Waals surface area (Å²) in [6, 6.07) is 16.2. The molecule has 0 unspecified atom stereocenters. The number of aryl methyl sites for hydroxylation is 1. The van der Waals surface area contributed by atoms with Crippen LogP contribution in [0.2, 0.25) is 5.02 Å². The maximum Gasteiger partial charge on any atom is 0.196 e. The van der Waals surface area contributed by atoms with Crippen molar-refractivity contribution in [1.29, 1.82) is 0 Å². The van der Waals surface area contributed by atoms with Crippen LogP contribution in [0.1, 0.15) is 29.9 Å². The monoisotopic (exact) mass is 359 g/mol. The molecule has 0 aliphatic heterocycles. The molecule has 124 valence electrons. The summed E-state index contributed by atoms with van der Waals surface area (Å²) < 4.78 is 2.08. The van der Waals surface area contributed by atoms with Crippen molar-refractivity contribution < 1.29 is 5.73 Å². The van der Waals surface area contributed by atoms with Crippen LogP contribution in [-0.2, 0) is 5.75 Å². The Labute approximate surface area is 151 Å². The summed E-state index contributed by atoms with van der Waals surface area (Å²) in [6.45, 7) is 4.08. The predicted molar refractivity (Wildman–Crippen MR) is 98.4 cm³/mol. The van der Waals surface area contributed by atoms with Gasteiger partial charge in [-0.25, -0.2) is 0 Å². The van der Waals surface area contributed by atoms with E-state index in [4.69, 9.17) is 11.6 Å². The average molecular weight is 360 g/mol. The lowest BCUT2D eigenvalue weighted by Crippen LogP contribution is -2.52. The lowest BCUT2D eigenvalue weighted by molar-refractivity contribution is -0.422. The van der Waals surface area contributed by atoms with Crippen LogP contribution in [0.25, 0.3) is 5.69 Å². The van der Waals surface area contributed by atoms with Crippen LogP contribution in [0, 0.1) is 6.92 Å². The first-order chi connectivity index (χ1) is 11.6. The quantitative estimate of drug-likeness (QED) is 0.704.